The van der Waals surface area contributed by atoms with Crippen molar-refractivity contribution in [3.05, 3.63) is 51.6 Å². The highest BCUT2D eigenvalue weighted by molar-refractivity contribution is 6.31. The number of nitrogens with one attached hydrogen (secondary N) is 2. The lowest BCUT2D eigenvalue weighted by atomic mass is 10.1. The van der Waals surface area contributed by atoms with E-state index in [2.05, 4.69) is 28.3 Å². The lowest BCUT2D eigenvalue weighted by Gasteiger charge is -2.03. The predicted octanol–water partition coefficient (Wildman–Crippen LogP) is 2.99. The highest BCUT2D eigenvalue weighted by Gasteiger charge is 2.07. The maximum Gasteiger partial charge on any atom is 0.120 e. The standard InChI is InChI=1S/C14H18ClN3/c1-9-4-5-11(6-12(9)15)7-13-10(2)17-14(18-13)8-16-3/h4-6,16H,7-8H2,1-3H3,(H,17,18). The molecule has 2 N–H and O–H groups in total. The van der Waals surface area contributed by atoms with Gasteiger partial charge in [-0.3, -0.25) is 0 Å². The molecule has 0 bridgehead atoms. The average molecular weight is 264 g/mol. The van der Waals surface area contributed by atoms with Crippen LogP contribution in [0, 0.1) is 13.8 Å². The molecule has 0 aliphatic heterocycles. The molecule has 96 valence electrons. The molecule has 0 fully saturated rings. The fourth-order valence-electron chi connectivity index (χ4n) is 1.93. The van der Waals surface area contributed by atoms with Crippen LogP contribution in [0.5, 0.6) is 0 Å². The van der Waals surface area contributed by atoms with Gasteiger partial charge in [-0.25, -0.2) is 4.98 Å². The molecule has 0 atom stereocenters. The van der Waals surface area contributed by atoms with Gasteiger partial charge >= 0.3 is 0 Å². The summed E-state index contributed by atoms with van der Waals surface area (Å²) in [5, 5.41) is 3.91. The second kappa shape index (κ2) is 5.55. The third kappa shape index (κ3) is 2.92. The molecule has 4 heteroatoms. The van der Waals surface area contributed by atoms with E-state index < -0.39 is 0 Å². The van der Waals surface area contributed by atoms with Crippen molar-refractivity contribution in [1.29, 1.82) is 0 Å². The van der Waals surface area contributed by atoms with Gasteiger partial charge in [0.05, 0.1) is 12.2 Å². The zero-order valence-corrected chi connectivity index (χ0v) is 11.7. The first-order valence-electron chi connectivity index (χ1n) is 6.04. The highest BCUT2D eigenvalue weighted by Crippen LogP contribution is 2.19. The number of imidazole rings is 1. The van der Waals surface area contributed by atoms with Gasteiger partial charge in [0.1, 0.15) is 5.82 Å². The van der Waals surface area contributed by atoms with Crippen LogP contribution in [-0.4, -0.2) is 17.0 Å². The first kappa shape index (κ1) is 13.1. The first-order chi connectivity index (χ1) is 8.60. The number of aromatic amines is 1. The van der Waals surface area contributed by atoms with Crippen LogP contribution in [0.4, 0.5) is 0 Å². The zero-order valence-electron chi connectivity index (χ0n) is 11.0. The Morgan fingerprint density at radius 3 is 2.78 bits per heavy atom. The van der Waals surface area contributed by atoms with Crippen molar-refractivity contribution in [1.82, 2.24) is 15.3 Å². The minimum atomic E-state index is 0.759. The van der Waals surface area contributed by atoms with Crippen molar-refractivity contribution >= 4 is 11.6 Å². The molecule has 3 nitrogen and oxygen atoms in total. The van der Waals surface area contributed by atoms with E-state index in [9.17, 15) is 0 Å². The Morgan fingerprint density at radius 2 is 2.11 bits per heavy atom. The van der Waals surface area contributed by atoms with Crippen molar-refractivity contribution < 1.29 is 0 Å². The van der Waals surface area contributed by atoms with Crippen LogP contribution in [-0.2, 0) is 13.0 Å². The molecule has 2 aromatic rings. The Hall–Kier alpha value is -1.32. The molecule has 18 heavy (non-hydrogen) atoms. The van der Waals surface area contributed by atoms with E-state index in [4.69, 9.17) is 11.6 Å². The molecular formula is C14H18ClN3. The lowest BCUT2D eigenvalue weighted by Crippen LogP contribution is -2.06. The van der Waals surface area contributed by atoms with Crippen molar-refractivity contribution in [2.75, 3.05) is 7.05 Å². The van der Waals surface area contributed by atoms with Gasteiger partial charge in [-0.2, -0.15) is 0 Å². The Bertz CT molecular complexity index is 546. The second-order valence-electron chi connectivity index (χ2n) is 4.55. The van der Waals surface area contributed by atoms with E-state index in [-0.39, 0.29) is 0 Å². The number of aromatic nitrogens is 2. The van der Waals surface area contributed by atoms with E-state index in [0.717, 1.165) is 40.8 Å². The summed E-state index contributed by atoms with van der Waals surface area (Å²) in [4.78, 5) is 7.87. The molecule has 0 amide bonds. The van der Waals surface area contributed by atoms with Crippen LogP contribution in [0.25, 0.3) is 0 Å². The highest BCUT2D eigenvalue weighted by atomic mass is 35.5. The van der Waals surface area contributed by atoms with Crippen LogP contribution >= 0.6 is 11.6 Å². The minimum absolute atomic E-state index is 0.759. The van der Waals surface area contributed by atoms with Crippen LogP contribution in [0.2, 0.25) is 5.02 Å². The molecule has 1 aromatic carbocycles. The third-order valence-electron chi connectivity index (χ3n) is 2.99. The second-order valence-corrected chi connectivity index (χ2v) is 4.95. The van der Waals surface area contributed by atoms with Crippen LogP contribution < -0.4 is 5.32 Å². The zero-order chi connectivity index (χ0) is 13.1. The summed E-state index contributed by atoms with van der Waals surface area (Å²) in [7, 11) is 1.91. The van der Waals surface area contributed by atoms with Crippen molar-refractivity contribution in [3.8, 4) is 0 Å². The van der Waals surface area contributed by atoms with E-state index in [1.165, 1.54) is 5.56 Å². The molecule has 0 spiro atoms. The number of benzene rings is 1. The molecule has 0 unspecified atom stereocenters. The Labute approximate surface area is 113 Å². The minimum Gasteiger partial charge on any atom is -0.345 e. The maximum atomic E-state index is 6.14. The number of aryl methyl sites for hydroxylation is 2. The van der Waals surface area contributed by atoms with Crippen LogP contribution in [0.15, 0.2) is 18.2 Å². The van der Waals surface area contributed by atoms with Gasteiger partial charge in [0.15, 0.2) is 0 Å². The maximum absolute atomic E-state index is 6.14. The van der Waals surface area contributed by atoms with Crippen LogP contribution in [0.3, 0.4) is 0 Å². The van der Waals surface area contributed by atoms with E-state index >= 15 is 0 Å². The largest absolute Gasteiger partial charge is 0.345 e. The normalized spacial score (nSPS) is 10.9. The molecule has 1 aromatic heterocycles. The van der Waals surface area contributed by atoms with Gasteiger partial charge in [0.25, 0.3) is 0 Å². The van der Waals surface area contributed by atoms with Gasteiger partial charge in [0.2, 0.25) is 0 Å². The molecule has 0 aliphatic rings. The van der Waals surface area contributed by atoms with Crippen LogP contribution in [0.1, 0.15) is 28.3 Å². The van der Waals surface area contributed by atoms with Gasteiger partial charge in [-0.05, 0) is 38.1 Å². The van der Waals surface area contributed by atoms with Gasteiger partial charge < -0.3 is 10.3 Å². The SMILES string of the molecule is CNCc1nc(Cc2ccc(C)c(Cl)c2)c(C)[nH]1. The topological polar surface area (TPSA) is 40.7 Å². The van der Waals surface area contributed by atoms with E-state index in [1.807, 2.05) is 26.1 Å². The molecular weight excluding hydrogens is 246 g/mol. The predicted molar refractivity (Wildman–Crippen MR) is 75.1 cm³/mol. The van der Waals surface area contributed by atoms with Crippen molar-refractivity contribution in [3.63, 3.8) is 0 Å². The Balaban J connectivity index is 2.20. The molecule has 0 saturated heterocycles. The number of H-pyrrole nitrogens is 1. The summed E-state index contributed by atoms with van der Waals surface area (Å²) in [6.45, 7) is 4.82. The molecule has 2 rings (SSSR count). The number of hydrogen-bond donors (Lipinski definition) is 2. The first-order valence-corrected chi connectivity index (χ1v) is 6.42. The summed E-state index contributed by atoms with van der Waals surface area (Å²) < 4.78 is 0. The Morgan fingerprint density at radius 1 is 1.33 bits per heavy atom. The van der Waals surface area contributed by atoms with E-state index in [1.54, 1.807) is 0 Å². The van der Waals surface area contributed by atoms with E-state index in [0.29, 0.717) is 0 Å². The van der Waals surface area contributed by atoms with Gasteiger partial charge in [-0.1, -0.05) is 23.7 Å². The van der Waals surface area contributed by atoms with Crippen molar-refractivity contribution in [2.45, 2.75) is 26.8 Å². The van der Waals surface area contributed by atoms with Gasteiger partial charge in [-0.15, -0.1) is 0 Å². The molecule has 0 radical (unpaired) electrons. The summed E-state index contributed by atoms with van der Waals surface area (Å²) in [5.74, 6) is 0.975. The summed E-state index contributed by atoms with van der Waals surface area (Å²) in [6, 6.07) is 6.17. The molecule has 0 saturated carbocycles. The fraction of sp³-hybridized carbons (Fsp3) is 0.357. The number of halogens is 1. The smallest absolute Gasteiger partial charge is 0.120 e. The molecule has 1 heterocycles. The summed E-state index contributed by atoms with van der Waals surface area (Å²) >= 11 is 6.14. The van der Waals surface area contributed by atoms with Gasteiger partial charge in [0, 0.05) is 17.1 Å². The lowest BCUT2D eigenvalue weighted by molar-refractivity contribution is 0.768. The fourth-order valence-corrected chi connectivity index (χ4v) is 2.13. The average Bonchev–Trinajstić information content (AvgIpc) is 2.65. The summed E-state index contributed by atoms with van der Waals surface area (Å²) in [5.41, 5.74) is 4.50. The Kier molecular flexibility index (Phi) is 4.04. The summed E-state index contributed by atoms with van der Waals surface area (Å²) in [6.07, 6.45) is 0.812. The monoisotopic (exact) mass is 263 g/mol. The van der Waals surface area contributed by atoms with Crippen molar-refractivity contribution in [2.24, 2.45) is 0 Å². The number of hydrogen-bond acceptors (Lipinski definition) is 2. The quantitative estimate of drug-likeness (QED) is 0.890. The molecule has 0 aliphatic carbocycles. The number of rotatable bonds is 4. The number of nitrogens with zero attached hydrogens (tertiary/aromatic N) is 1. The third-order valence-corrected chi connectivity index (χ3v) is 3.39.